The van der Waals surface area contributed by atoms with Crippen molar-refractivity contribution in [2.75, 3.05) is 0 Å². The summed E-state index contributed by atoms with van der Waals surface area (Å²) in [5.74, 6) is -2.41. The number of benzene rings is 2. The minimum atomic E-state index is -0.998. The molecule has 5 heteroatoms. The van der Waals surface area contributed by atoms with Crippen LogP contribution in [-0.2, 0) is 6.61 Å². The van der Waals surface area contributed by atoms with Gasteiger partial charge in [-0.25, -0.2) is 13.2 Å². The van der Waals surface area contributed by atoms with Gasteiger partial charge in [0.15, 0.2) is 11.6 Å². The van der Waals surface area contributed by atoms with Gasteiger partial charge in [0.1, 0.15) is 18.2 Å². The van der Waals surface area contributed by atoms with Crippen molar-refractivity contribution in [1.82, 2.24) is 0 Å². The molecule has 0 spiro atoms. The number of aliphatic hydroxyl groups is 1. The first-order valence-corrected chi connectivity index (χ1v) is 6.02. The second-order valence-electron chi connectivity index (χ2n) is 4.36. The fraction of sp³-hybridized carbons (Fsp3) is 0.200. The maximum atomic E-state index is 13.5. The Morgan fingerprint density at radius 1 is 1.15 bits per heavy atom. The number of halogens is 3. The number of aliphatic hydroxyl groups excluding tert-OH is 1. The molecular formula is C15H13F3O2. The minimum Gasteiger partial charge on any atom is -0.488 e. The Kier molecular flexibility index (Phi) is 4.29. The maximum Gasteiger partial charge on any atom is 0.165 e. The van der Waals surface area contributed by atoms with Gasteiger partial charge in [0.25, 0.3) is 0 Å². The van der Waals surface area contributed by atoms with Gasteiger partial charge in [-0.2, -0.15) is 0 Å². The highest BCUT2D eigenvalue weighted by Gasteiger charge is 2.13. The van der Waals surface area contributed by atoms with Crippen LogP contribution in [0.2, 0.25) is 0 Å². The zero-order chi connectivity index (χ0) is 14.7. The van der Waals surface area contributed by atoms with E-state index in [4.69, 9.17) is 4.74 Å². The second-order valence-corrected chi connectivity index (χ2v) is 4.36. The van der Waals surface area contributed by atoms with Crippen molar-refractivity contribution in [2.24, 2.45) is 0 Å². The maximum absolute atomic E-state index is 13.5. The molecule has 0 aliphatic carbocycles. The summed E-state index contributed by atoms with van der Waals surface area (Å²) in [6.45, 7) is 1.25. The van der Waals surface area contributed by atoms with Crippen LogP contribution in [0.4, 0.5) is 13.2 Å². The zero-order valence-corrected chi connectivity index (χ0v) is 10.7. The predicted molar refractivity (Wildman–Crippen MR) is 67.7 cm³/mol. The predicted octanol–water partition coefficient (Wildman–Crippen LogP) is 3.74. The third-order valence-electron chi connectivity index (χ3n) is 2.84. The van der Waals surface area contributed by atoms with Crippen LogP contribution in [-0.4, -0.2) is 5.11 Å². The van der Waals surface area contributed by atoms with Crippen LogP contribution in [0, 0.1) is 17.5 Å². The van der Waals surface area contributed by atoms with Crippen LogP contribution in [0.15, 0.2) is 36.4 Å². The van der Waals surface area contributed by atoms with Gasteiger partial charge in [-0.05, 0) is 25.1 Å². The summed E-state index contributed by atoms with van der Waals surface area (Å²) in [6.07, 6.45) is -0.858. The molecule has 0 amide bonds. The van der Waals surface area contributed by atoms with Crippen LogP contribution in [0.5, 0.6) is 5.75 Å². The zero-order valence-electron chi connectivity index (χ0n) is 10.7. The molecule has 2 nitrogen and oxygen atoms in total. The molecule has 2 aromatic rings. The van der Waals surface area contributed by atoms with Gasteiger partial charge >= 0.3 is 0 Å². The van der Waals surface area contributed by atoms with E-state index in [1.165, 1.54) is 31.2 Å². The van der Waals surface area contributed by atoms with Gasteiger partial charge in [0, 0.05) is 17.2 Å². The molecule has 1 atom stereocenters. The van der Waals surface area contributed by atoms with Crippen molar-refractivity contribution in [1.29, 1.82) is 0 Å². The number of rotatable bonds is 4. The average molecular weight is 282 g/mol. The Balaban J connectivity index is 2.22. The van der Waals surface area contributed by atoms with Crippen LogP contribution in [0.1, 0.15) is 24.2 Å². The summed E-state index contributed by atoms with van der Waals surface area (Å²) >= 11 is 0. The molecule has 0 bridgehead atoms. The summed E-state index contributed by atoms with van der Waals surface area (Å²) in [6, 6.07) is 7.41. The summed E-state index contributed by atoms with van der Waals surface area (Å²) < 4.78 is 45.0. The highest BCUT2D eigenvalue weighted by Crippen LogP contribution is 2.27. The molecule has 106 valence electrons. The first-order chi connectivity index (χ1) is 9.49. The van der Waals surface area contributed by atoms with E-state index in [-0.39, 0.29) is 17.9 Å². The molecule has 1 unspecified atom stereocenters. The molecule has 0 aliphatic rings. The quantitative estimate of drug-likeness (QED) is 0.925. The number of hydrogen-bond acceptors (Lipinski definition) is 2. The Morgan fingerprint density at radius 2 is 1.90 bits per heavy atom. The van der Waals surface area contributed by atoms with Gasteiger partial charge in [0.2, 0.25) is 0 Å². The molecule has 1 N–H and O–H groups in total. The molecule has 0 fully saturated rings. The fourth-order valence-electron chi connectivity index (χ4n) is 1.79. The normalized spacial score (nSPS) is 12.2. The van der Waals surface area contributed by atoms with E-state index in [2.05, 4.69) is 0 Å². The van der Waals surface area contributed by atoms with Crippen LogP contribution in [0.25, 0.3) is 0 Å². The molecule has 0 saturated heterocycles. The molecule has 0 heterocycles. The highest BCUT2D eigenvalue weighted by molar-refractivity contribution is 5.35. The van der Waals surface area contributed by atoms with E-state index in [0.29, 0.717) is 5.56 Å². The lowest BCUT2D eigenvalue weighted by Gasteiger charge is -2.14. The monoisotopic (exact) mass is 282 g/mol. The third-order valence-corrected chi connectivity index (χ3v) is 2.84. The Morgan fingerprint density at radius 3 is 2.60 bits per heavy atom. The molecule has 0 aromatic heterocycles. The smallest absolute Gasteiger partial charge is 0.165 e. The first kappa shape index (κ1) is 14.4. The molecule has 20 heavy (non-hydrogen) atoms. The Labute approximate surface area is 114 Å². The van der Waals surface area contributed by atoms with Crippen LogP contribution < -0.4 is 4.74 Å². The summed E-state index contributed by atoms with van der Waals surface area (Å²) in [5, 5.41) is 9.55. The standard InChI is InChI=1S/C15H13F3O2/c1-9(19)12-6-5-11(16)7-14(12)20-8-10-3-2-4-13(17)15(10)18/h2-7,9,19H,8H2,1H3. The van der Waals surface area contributed by atoms with Gasteiger partial charge in [-0.15, -0.1) is 0 Å². The fourth-order valence-corrected chi connectivity index (χ4v) is 1.79. The van der Waals surface area contributed by atoms with Gasteiger partial charge in [-0.3, -0.25) is 0 Å². The van der Waals surface area contributed by atoms with E-state index in [1.807, 2.05) is 0 Å². The van der Waals surface area contributed by atoms with Gasteiger partial charge in [-0.1, -0.05) is 12.1 Å². The number of hydrogen-bond donors (Lipinski definition) is 1. The van der Waals surface area contributed by atoms with Gasteiger partial charge < -0.3 is 9.84 Å². The molecule has 0 saturated carbocycles. The molecule has 0 radical (unpaired) electrons. The van der Waals surface area contributed by atoms with Crippen molar-refractivity contribution in [3.63, 3.8) is 0 Å². The van der Waals surface area contributed by atoms with Crippen LogP contribution >= 0.6 is 0 Å². The largest absolute Gasteiger partial charge is 0.488 e. The molecule has 2 rings (SSSR count). The van der Waals surface area contributed by atoms with Crippen molar-refractivity contribution in [3.8, 4) is 5.75 Å². The lowest BCUT2D eigenvalue weighted by Crippen LogP contribution is -2.04. The lowest BCUT2D eigenvalue weighted by molar-refractivity contribution is 0.189. The van der Waals surface area contributed by atoms with Crippen molar-refractivity contribution in [3.05, 3.63) is 65.0 Å². The van der Waals surface area contributed by atoms with Gasteiger partial charge in [0.05, 0.1) is 6.10 Å². The summed E-state index contributed by atoms with van der Waals surface area (Å²) in [4.78, 5) is 0. The SMILES string of the molecule is CC(O)c1ccc(F)cc1OCc1cccc(F)c1F. The minimum absolute atomic E-state index is 0.0193. The van der Waals surface area contributed by atoms with Crippen molar-refractivity contribution >= 4 is 0 Å². The lowest BCUT2D eigenvalue weighted by atomic mass is 10.1. The molecular weight excluding hydrogens is 269 g/mol. The molecule has 2 aromatic carbocycles. The van der Waals surface area contributed by atoms with E-state index < -0.39 is 23.6 Å². The average Bonchev–Trinajstić information content (AvgIpc) is 2.40. The van der Waals surface area contributed by atoms with E-state index >= 15 is 0 Å². The second kappa shape index (κ2) is 5.96. The van der Waals surface area contributed by atoms with Crippen molar-refractivity contribution < 1.29 is 23.0 Å². The summed E-state index contributed by atoms with van der Waals surface area (Å²) in [5.41, 5.74) is 0.397. The third kappa shape index (κ3) is 3.11. The number of ether oxygens (including phenoxy) is 1. The summed E-state index contributed by atoms with van der Waals surface area (Å²) in [7, 11) is 0. The van der Waals surface area contributed by atoms with E-state index in [0.717, 1.165) is 12.1 Å². The highest BCUT2D eigenvalue weighted by atomic mass is 19.2. The Hall–Kier alpha value is -2.01. The Bertz CT molecular complexity index is 612. The van der Waals surface area contributed by atoms with E-state index in [9.17, 15) is 18.3 Å². The van der Waals surface area contributed by atoms with Crippen LogP contribution in [0.3, 0.4) is 0 Å². The molecule has 0 aliphatic heterocycles. The topological polar surface area (TPSA) is 29.5 Å². The van der Waals surface area contributed by atoms with E-state index in [1.54, 1.807) is 0 Å². The van der Waals surface area contributed by atoms with Crippen molar-refractivity contribution in [2.45, 2.75) is 19.6 Å². The first-order valence-electron chi connectivity index (χ1n) is 6.02.